The Labute approximate surface area is 123 Å². The molecule has 0 saturated heterocycles. The minimum Gasteiger partial charge on any atom is -0.447 e. The second-order valence-corrected chi connectivity index (χ2v) is 6.85. The monoisotopic (exact) mass is 314 g/mol. The highest BCUT2D eigenvalue weighted by molar-refractivity contribution is 7.89. The molecule has 2 aromatic heterocycles. The van der Waals surface area contributed by atoms with Crippen molar-refractivity contribution in [2.75, 3.05) is 6.54 Å². The van der Waals surface area contributed by atoms with Gasteiger partial charge in [-0.15, -0.1) is 0 Å². The van der Waals surface area contributed by atoms with Gasteiger partial charge in [0, 0.05) is 6.54 Å². The van der Waals surface area contributed by atoms with Gasteiger partial charge in [0.15, 0.2) is 0 Å². The molecular formula is C13H18N2O3S2. The van der Waals surface area contributed by atoms with E-state index >= 15 is 0 Å². The quantitative estimate of drug-likeness (QED) is 0.822. The Hall–Kier alpha value is -1.15. The van der Waals surface area contributed by atoms with Crippen LogP contribution >= 0.6 is 11.3 Å². The number of aryl methyl sites for hydroxylation is 1. The predicted molar refractivity (Wildman–Crippen MR) is 79.2 cm³/mol. The molecule has 0 radical (unpaired) electrons. The molecule has 5 nitrogen and oxygen atoms in total. The Morgan fingerprint density at radius 1 is 1.25 bits per heavy atom. The summed E-state index contributed by atoms with van der Waals surface area (Å²) in [6.45, 7) is 5.54. The molecule has 0 aromatic carbocycles. The van der Waals surface area contributed by atoms with Crippen molar-refractivity contribution in [3.8, 4) is 0 Å². The number of nitrogens with one attached hydrogen (secondary N) is 2. The Morgan fingerprint density at radius 2 is 2.05 bits per heavy atom. The average molecular weight is 314 g/mol. The molecule has 0 saturated carbocycles. The second kappa shape index (κ2) is 6.53. The molecule has 0 bridgehead atoms. The van der Waals surface area contributed by atoms with Crippen molar-refractivity contribution in [1.29, 1.82) is 0 Å². The SMILES string of the molecule is CCNCc1ccc(S(=O)(=O)NCc2cscc2C)o1. The lowest BCUT2D eigenvalue weighted by molar-refractivity contribution is 0.401. The van der Waals surface area contributed by atoms with Crippen LogP contribution in [0.25, 0.3) is 0 Å². The van der Waals surface area contributed by atoms with Gasteiger partial charge in [0.25, 0.3) is 10.0 Å². The van der Waals surface area contributed by atoms with E-state index in [4.69, 9.17) is 4.42 Å². The van der Waals surface area contributed by atoms with Gasteiger partial charge in [0.2, 0.25) is 5.09 Å². The van der Waals surface area contributed by atoms with E-state index in [1.165, 1.54) is 6.07 Å². The molecule has 0 aliphatic heterocycles. The molecule has 2 N–H and O–H groups in total. The third kappa shape index (κ3) is 3.69. The van der Waals surface area contributed by atoms with E-state index in [2.05, 4.69) is 10.0 Å². The fourth-order valence-corrected chi connectivity index (χ4v) is 3.47. The Balaban J connectivity index is 2.03. The number of thiophene rings is 1. The third-order valence-corrected chi connectivity index (χ3v) is 5.05. The maximum Gasteiger partial charge on any atom is 0.274 e. The van der Waals surface area contributed by atoms with Gasteiger partial charge in [-0.3, -0.25) is 0 Å². The standard InChI is InChI=1S/C13H18N2O3S2/c1-3-14-7-12-4-5-13(18-12)20(16,17)15-6-11-9-19-8-10(11)2/h4-5,8-9,14-15H,3,6-7H2,1-2H3. The first-order valence-corrected chi connectivity index (χ1v) is 8.76. The van der Waals surface area contributed by atoms with Crippen molar-refractivity contribution in [2.45, 2.75) is 32.0 Å². The van der Waals surface area contributed by atoms with Gasteiger partial charge in [-0.25, -0.2) is 13.1 Å². The Kier molecular flexibility index (Phi) is 4.98. The lowest BCUT2D eigenvalue weighted by Crippen LogP contribution is -2.22. The van der Waals surface area contributed by atoms with Crippen LogP contribution in [0, 0.1) is 6.92 Å². The van der Waals surface area contributed by atoms with Crippen molar-refractivity contribution >= 4 is 21.4 Å². The molecule has 110 valence electrons. The number of hydrogen-bond donors (Lipinski definition) is 2. The van der Waals surface area contributed by atoms with Crippen LogP contribution in [-0.4, -0.2) is 15.0 Å². The maximum atomic E-state index is 12.1. The highest BCUT2D eigenvalue weighted by Gasteiger charge is 2.18. The van der Waals surface area contributed by atoms with Crippen LogP contribution < -0.4 is 10.0 Å². The van der Waals surface area contributed by atoms with Gasteiger partial charge in [-0.05, 0) is 47.5 Å². The van der Waals surface area contributed by atoms with E-state index in [-0.39, 0.29) is 11.6 Å². The van der Waals surface area contributed by atoms with Crippen molar-refractivity contribution in [1.82, 2.24) is 10.0 Å². The lowest BCUT2D eigenvalue weighted by Gasteiger charge is -2.04. The normalized spacial score (nSPS) is 11.9. The maximum absolute atomic E-state index is 12.1. The molecule has 2 rings (SSSR count). The summed E-state index contributed by atoms with van der Waals surface area (Å²) in [4.78, 5) is 0. The highest BCUT2D eigenvalue weighted by Crippen LogP contribution is 2.17. The summed E-state index contributed by atoms with van der Waals surface area (Å²) in [5.41, 5.74) is 2.07. The zero-order chi connectivity index (χ0) is 14.6. The molecule has 0 aliphatic rings. The van der Waals surface area contributed by atoms with Crippen LogP contribution in [0.3, 0.4) is 0 Å². The fourth-order valence-electron chi connectivity index (χ4n) is 1.66. The van der Waals surface area contributed by atoms with Gasteiger partial charge >= 0.3 is 0 Å². The number of sulfonamides is 1. The molecule has 0 atom stereocenters. The number of hydrogen-bond acceptors (Lipinski definition) is 5. The zero-order valence-corrected chi connectivity index (χ0v) is 13.1. The Morgan fingerprint density at radius 3 is 2.70 bits per heavy atom. The summed E-state index contributed by atoms with van der Waals surface area (Å²) in [7, 11) is -3.60. The van der Waals surface area contributed by atoms with E-state index in [1.807, 2.05) is 24.6 Å². The third-order valence-electron chi connectivity index (χ3n) is 2.87. The molecule has 7 heteroatoms. The van der Waals surface area contributed by atoms with E-state index in [0.29, 0.717) is 12.3 Å². The summed E-state index contributed by atoms with van der Waals surface area (Å²) < 4.78 is 32.1. The van der Waals surface area contributed by atoms with Crippen LogP contribution in [0.2, 0.25) is 0 Å². The number of furan rings is 1. The van der Waals surface area contributed by atoms with E-state index in [9.17, 15) is 8.42 Å². The largest absolute Gasteiger partial charge is 0.447 e. The van der Waals surface area contributed by atoms with Gasteiger partial charge < -0.3 is 9.73 Å². The molecule has 0 spiro atoms. The second-order valence-electron chi connectivity index (χ2n) is 4.41. The summed E-state index contributed by atoms with van der Waals surface area (Å²) in [5.74, 6) is 0.610. The van der Waals surface area contributed by atoms with Crippen molar-refractivity contribution < 1.29 is 12.8 Å². The van der Waals surface area contributed by atoms with Gasteiger partial charge in [-0.2, -0.15) is 11.3 Å². The summed E-state index contributed by atoms with van der Waals surface area (Å²) in [6, 6.07) is 3.16. The lowest BCUT2D eigenvalue weighted by atomic mass is 10.2. The smallest absolute Gasteiger partial charge is 0.274 e. The van der Waals surface area contributed by atoms with Gasteiger partial charge in [0.1, 0.15) is 5.76 Å². The number of rotatable bonds is 7. The topological polar surface area (TPSA) is 71.3 Å². The predicted octanol–water partition coefficient (Wildman–Crippen LogP) is 2.24. The summed E-state index contributed by atoms with van der Waals surface area (Å²) in [6.07, 6.45) is 0. The highest BCUT2D eigenvalue weighted by atomic mass is 32.2. The average Bonchev–Trinajstić information content (AvgIpc) is 3.03. The molecule has 0 unspecified atom stereocenters. The first kappa shape index (κ1) is 15.2. The molecule has 0 amide bonds. The Bertz CT molecular complexity index is 659. The first-order chi connectivity index (χ1) is 9.53. The van der Waals surface area contributed by atoms with Gasteiger partial charge in [-0.1, -0.05) is 6.92 Å². The van der Waals surface area contributed by atoms with Gasteiger partial charge in [0.05, 0.1) is 6.54 Å². The summed E-state index contributed by atoms with van der Waals surface area (Å²) >= 11 is 1.56. The minimum atomic E-state index is -3.60. The summed E-state index contributed by atoms with van der Waals surface area (Å²) in [5, 5.41) is 6.97. The molecule has 0 aliphatic carbocycles. The molecule has 2 heterocycles. The van der Waals surface area contributed by atoms with Crippen LogP contribution in [0.1, 0.15) is 23.8 Å². The van der Waals surface area contributed by atoms with Crippen LogP contribution in [0.5, 0.6) is 0 Å². The van der Waals surface area contributed by atoms with E-state index in [1.54, 1.807) is 17.4 Å². The molecule has 0 fully saturated rings. The van der Waals surface area contributed by atoms with Crippen molar-refractivity contribution in [3.63, 3.8) is 0 Å². The van der Waals surface area contributed by atoms with Crippen LogP contribution in [0.4, 0.5) is 0 Å². The first-order valence-electron chi connectivity index (χ1n) is 6.33. The zero-order valence-electron chi connectivity index (χ0n) is 11.5. The molecule has 20 heavy (non-hydrogen) atoms. The minimum absolute atomic E-state index is 0.0433. The van der Waals surface area contributed by atoms with Crippen LogP contribution in [0.15, 0.2) is 32.4 Å². The van der Waals surface area contributed by atoms with Crippen molar-refractivity contribution in [2.24, 2.45) is 0 Å². The molecular weight excluding hydrogens is 296 g/mol. The fraction of sp³-hybridized carbons (Fsp3) is 0.385. The van der Waals surface area contributed by atoms with E-state index in [0.717, 1.165) is 17.7 Å². The van der Waals surface area contributed by atoms with Crippen molar-refractivity contribution in [3.05, 3.63) is 39.8 Å². The van der Waals surface area contributed by atoms with Crippen LogP contribution in [-0.2, 0) is 23.1 Å². The van der Waals surface area contributed by atoms with E-state index < -0.39 is 10.0 Å². The molecule has 2 aromatic rings.